The highest BCUT2D eigenvalue weighted by molar-refractivity contribution is 7.91. The van der Waals surface area contributed by atoms with Gasteiger partial charge in [0.05, 0.1) is 23.6 Å². The highest BCUT2D eigenvalue weighted by Crippen LogP contribution is 2.29. The SMILES string of the molecule is Nc1ccc(N2C(=O)N[C@H]3CS(=O)(=O)C[C@H]32)cc1. The second-order valence-corrected chi connectivity index (χ2v) is 6.82. The highest BCUT2D eigenvalue weighted by atomic mass is 32.2. The lowest BCUT2D eigenvalue weighted by molar-refractivity contribution is 0.251. The molecule has 0 spiro atoms. The first-order valence-electron chi connectivity index (χ1n) is 5.62. The summed E-state index contributed by atoms with van der Waals surface area (Å²) >= 11 is 0. The summed E-state index contributed by atoms with van der Waals surface area (Å²) in [6.45, 7) is 0. The predicted octanol–water partition coefficient (Wildman–Crippen LogP) is -0.0360. The zero-order valence-corrected chi connectivity index (χ0v) is 10.4. The number of carbonyl (C=O) groups excluding carboxylic acids is 1. The number of nitrogens with two attached hydrogens (primary N) is 1. The van der Waals surface area contributed by atoms with E-state index in [0.717, 1.165) is 0 Å². The van der Waals surface area contributed by atoms with Crippen LogP contribution in [-0.4, -0.2) is 38.0 Å². The van der Waals surface area contributed by atoms with Crippen LogP contribution in [0.4, 0.5) is 16.2 Å². The van der Waals surface area contributed by atoms with Gasteiger partial charge in [-0.3, -0.25) is 4.90 Å². The number of benzene rings is 1. The van der Waals surface area contributed by atoms with Crippen LogP contribution in [-0.2, 0) is 9.84 Å². The maximum absolute atomic E-state index is 11.9. The van der Waals surface area contributed by atoms with Crippen molar-refractivity contribution in [3.63, 3.8) is 0 Å². The minimum atomic E-state index is -3.06. The average molecular weight is 267 g/mol. The van der Waals surface area contributed by atoms with Gasteiger partial charge in [0, 0.05) is 11.4 Å². The van der Waals surface area contributed by atoms with E-state index in [9.17, 15) is 13.2 Å². The molecular formula is C11H13N3O3S. The summed E-state index contributed by atoms with van der Waals surface area (Å²) in [5, 5.41) is 2.71. The number of nitrogens with zero attached hydrogens (tertiary/aromatic N) is 1. The normalized spacial score (nSPS) is 29.1. The van der Waals surface area contributed by atoms with Crippen LogP contribution in [0.25, 0.3) is 0 Å². The van der Waals surface area contributed by atoms with Crippen LogP contribution in [0.2, 0.25) is 0 Å². The van der Waals surface area contributed by atoms with Crippen molar-refractivity contribution in [1.82, 2.24) is 5.32 Å². The maximum Gasteiger partial charge on any atom is 0.322 e. The molecule has 3 N–H and O–H groups in total. The molecule has 0 aliphatic carbocycles. The van der Waals surface area contributed by atoms with Crippen LogP contribution in [0.1, 0.15) is 0 Å². The smallest absolute Gasteiger partial charge is 0.322 e. The first-order valence-corrected chi connectivity index (χ1v) is 7.44. The van der Waals surface area contributed by atoms with E-state index in [0.29, 0.717) is 11.4 Å². The molecule has 2 aliphatic rings. The first-order chi connectivity index (χ1) is 8.46. The van der Waals surface area contributed by atoms with Gasteiger partial charge >= 0.3 is 6.03 Å². The zero-order valence-electron chi connectivity index (χ0n) is 9.54. The molecule has 1 aromatic carbocycles. The fourth-order valence-electron chi connectivity index (χ4n) is 2.54. The number of fused-ring (bicyclic) bond motifs is 1. The van der Waals surface area contributed by atoms with Gasteiger partial charge in [0.1, 0.15) is 0 Å². The van der Waals surface area contributed by atoms with Crippen LogP contribution in [0.5, 0.6) is 0 Å². The van der Waals surface area contributed by atoms with Gasteiger partial charge in [-0.2, -0.15) is 0 Å². The molecule has 2 fully saturated rings. The minimum absolute atomic E-state index is 0.0147. The number of hydrogen-bond donors (Lipinski definition) is 2. The lowest BCUT2D eigenvalue weighted by atomic mass is 10.1. The fraction of sp³-hybridized carbons (Fsp3) is 0.364. The molecule has 3 rings (SSSR count). The third-order valence-electron chi connectivity index (χ3n) is 3.35. The lowest BCUT2D eigenvalue weighted by Crippen LogP contribution is -2.36. The van der Waals surface area contributed by atoms with E-state index < -0.39 is 9.84 Å². The van der Waals surface area contributed by atoms with Gasteiger partial charge in [-0.05, 0) is 24.3 Å². The standard InChI is InChI=1S/C11H13N3O3S/c12-7-1-3-8(4-2-7)14-10-6-18(16,17)5-9(10)13-11(14)15/h1-4,9-10H,5-6,12H2,(H,13,15)/t9-,10+/m0/s1. The third-order valence-corrected chi connectivity index (χ3v) is 5.07. The summed E-state index contributed by atoms with van der Waals surface area (Å²) in [7, 11) is -3.06. The van der Waals surface area contributed by atoms with Gasteiger partial charge in [0.25, 0.3) is 0 Å². The second-order valence-electron chi connectivity index (χ2n) is 4.66. The Labute approximate surface area is 105 Å². The van der Waals surface area contributed by atoms with Crippen molar-refractivity contribution in [2.24, 2.45) is 0 Å². The number of urea groups is 1. The van der Waals surface area contributed by atoms with E-state index in [-0.39, 0.29) is 29.6 Å². The summed E-state index contributed by atoms with van der Waals surface area (Å²) in [6, 6.07) is 5.97. The molecule has 1 aromatic rings. The van der Waals surface area contributed by atoms with Crippen LogP contribution < -0.4 is 16.0 Å². The van der Waals surface area contributed by atoms with Crippen molar-refractivity contribution in [2.75, 3.05) is 22.1 Å². The summed E-state index contributed by atoms with van der Waals surface area (Å²) in [5.41, 5.74) is 6.87. The number of anilines is 2. The Kier molecular flexibility index (Phi) is 2.28. The summed E-state index contributed by atoms with van der Waals surface area (Å²) < 4.78 is 23.2. The molecule has 0 radical (unpaired) electrons. The molecule has 18 heavy (non-hydrogen) atoms. The van der Waals surface area contributed by atoms with Gasteiger partial charge in [-0.25, -0.2) is 13.2 Å². The van der Waals surface area contributed by atoms with Crippen molar-refractivity contribution >= 4 is 27.2 Å². The average Bonchev–Trinajstić information content (AvgIpc) is 2.70. The van der Waals surface area contributed by atoms with Crippen LogP contribution in [0, 0.1) is 0 Å². The van der Waals surface area contributed by atoms with Gasteiger partial charge in [-0.15, -0.1) is 0 Å². The maximum atomic E-state index is 11.9. The number of carbonyl (C=O) groups is 1. The first kappa shape index (κ1) is 11.3. The molecule has 2 heterocycles. The van der Waals surface area contributed by atoms with E-state index in [4.69, 9.17) is 5.73 Å². The van der Waals surface area contributed by atoms with E-state index >= 15 is 0 Å². The van der Waals surface area contributed by atoms with Crippen molar-refractivity contribution in [3.05, 3.63) is 24.3 Å². The molecule has 2 atom stereocenters. The summed E-state index contributed by atoms with van der Waals surface area (Å²) in [5.74, 6) is 0.0374. The van der Waals surface area contributed by atoms with E-state index in [1.165, 1.54) is 4.90 Å². The number of sulfone groups is 1. The Morgan fingerprint density at radius 3 is 2.56 bits per heavy atom. The van der Waals surface area contributed by atoms with Gasteiger partial charge in [-0.1, -0.05) is 0 Å². The number of amides is 2. The van der Waals surface area contributed by atoms with Crippen LogP contribution in [0.3, 0.4) is 0 Å². The Bertz CT molecular complexity index is 596. The number of nitrogens with one attached hydrogen (secondary N) is 1. The Balaban J connectivity index is 1.96. The molecule has 7 heteroatoms. The highest BCUT2D eigenvalue weighted by Gasteiger charge is 2.49. The van der Waals surface area contributed by atoms with Crippen molar-refractivity contribution < 1.29 is 13.2 Å². The molecule has 0 aromatic heterocycles. The van der Waals surface area contributed by atoms with E-state index in [1.54, 1.807) is 24.3 Å². The fourth-order valence-corrected chi connectivity index (χ4v) is 4.43. The quantitative estimate of drug-likeness (QED) is 0.552. The molecular weight excluding hydrogens is 254 g/mol. The topological polar surface area (TPSA) is 92.5 Å². The predicted molar refractivity (Wildman–Crippen MR) is 68.1 cm³/mol. The van der Waals surface area contributed by atoms with E-state index in [1.807, 2.05) is 0 Å². The van der Waals surface area contributed by atoms with Crippen molar-refractivity contribution in [2.45, 2.75) is 12.1 Å². The largest absolute Gasteiger partial charge is 0.399 e. The molecule has 0 unspecified atom stereocenters. The van der Waals surface area contributed by atoms with Gasteiger partial charge < -0.3 is 11.1 Å². The monoisotopic (exact) mass is 267 g/mol. The molecule has 96 valence electrons. The molecule has 2 amide bonds. The molecule has 0 saturated carbocycles. The van der Waals surface area contributed by atoms with Crippen molar-refractivity contribution in [1.29, 1.82) is 0 Å². The van der Waals surface area contributed by atoms with Crippen LogP contribution in [0.15, 0.2) is 24.3 Å². The summed E-state index contributed by atoms with van der Waals surface area (Å²) in [4.78, 5) is 13.4. The summed E-state index contributed by atoms with van der Waals surface area (Å²) in [6.07, 6.45) is 0. The molecule has 0 bridgehead atoms. The van der Waals surface area contributed by atoms with Gasteiger partial charge in [0.15, 0.2) is 9.84 Å². The second kappa shape index (κ2) is 3.61. The zero-order chi connectivity index (χ0) is 12.9. The van der Waals surface area contributed by atoms with Gasteiger partial charge in [0.2, 0.25) is 0 Å². The van der Waals surface area contributed by atoms with Crippen LogP contribution >= 0.6 is 0 Å². The van der Waals surface area contributed by atoms with E-state index in [2.05, 4.69) is 5.32 Å². The lowest BCUT2D eigenvalue weighted by Gasteiger charge is -2.21. The Hall–Kier alpha value is -1.76. The Morgan fingerprint density at radius 1 is 1.22 bits per heavy atom. The molecule has 2 saturated heterocycles. The third kappa shape index (κ3) is 1.71. The Morgan fingerprint density at radius 2 is 1.89 bits per heavy atom. The molecule has 6 nitrogen and oxygen atoms in total. The number of hydrogen-bond acceptors (Lipinski definition) is 4. The number of nitrogen functional groups attached to an aromatic ring is 1. The number of rotatable bonds is 1. The molecule has 2 aliphatic heterocycles. The minimum Gasteiger partial charge on any atom is -0.399 e. The van der Waals surface area contributed by atoms with Crippen molar-refractivity contribution in [3.8, 4) is 0 Å².